The fraction of sp³-hybridized carbons (Fsp3) is 0.200. The first-order valence-electron chi connectivity index (χ1n) is 7.79. The summed E-state index contributed by atoms with van der Waals surface area (Å²) < 4.78 is 34.7. The molecule has 0 saturated heterocycles. The Kier molecular flexibility index (Phi) is 6.39. The third-order valence-corrected chi connectivity index (χ3v) is 3.80. The van der Waals surface area contributed by atoms with Gasteiger partial charge in [-0.05, 0) is 30.3 Å². The van der Waals surface area contributed by atoms with Gasteiger partial charge < -0.3 is 18.9 Å². The lowest BCUT2D eigenvalue weighted by Crippen LogP contribution is -2.05. The molecule has 0 saturated carbocycles. The van der Waals surface area contributed by atoms with Crippen molar-refractivity contribution >= 4 is 11.9 Å². The van der Waals surface area contributed by atoms with E-state index in [9.17, 15) is 14.4 Å². The molecule has 0 aliphatic rings. The minimum Gasteiger partial charge on any atom is -0.497 e. The van der Waals surface area contributed by atoms with E-state index in [1.165, 1.54) is 64.8 Å². The summed E-state index contributed by atoms with van der Waals surface area (Å²) in [6, 6.07) is 8.80. The molecule has 0 aromatic heterocycles. The number of hydrogen-bond donors (Lipinski definition) is 0. The maximum Gasteiger partial charge on any atom is 0.203 e. The van der Waals surface area contributed by atoms with Gasteiger partial charge in [-0.2, -0.15) is 5.26 Å². The highest BCUT2D eigenvalue weighted by atomic mass is 19.1. The zero-order valence-electron chi connectivity index (χ0n) is 15.3. The van der Waals surface area contributed by atoms with Gasteiger partial charge in [-0.3, -0.25) is 4.79 Å². The molecule has 0 spiro atoms. The molecule has 27 heavy (non-hydrogen) atoms. The van der Waals surface area contributed by atoms with E-state index in [-0.39, 0.29) is 28.2 Å². The van der Waals surface area contributed by atoms with Crippen LogP contribution in [0.2, 0.25) is 0 Å². The number of ketones is 1. The first-order valence-corrected chi connectivity index (χ1v) is 7.79. The lowest BCUT2D eigenvalue weighted by Gasteiger charge is -2.13. The third-order valence-electron chi connectivity index (χ3n) is 3.80. The molecule has 0 amide bonds. The number of nitriles is 1. The highest BCUT2D eigenvalue weighted by molar-refractivity contribution is 6.14. The number of Topliss-reactive ketones (excluding diaryl/α,β-unsaturated/α-hetero) is 1. The molecule has 2 aromatic rings. The predicted octanol–water partition coefficient (Wildman–Crippen LogP) is 3.65. The summed E-state index contributed by atoms with van der Waals surface area (Å²) in [6.45, 7) is 0. The third kappa shape index (κ3) is 4.18. The number of carbonyl (C=O) groups is 1. The van der Waals surface area contributed by atoms with E-state index in [4.69, 9.17) is 18.9 Å². The van der Waals surface area contributed by atoms with Gasteiger partial charge in [0.25, 0.3) is 0 Å². The number of methoxy groups -OCH3 is 4. The Morgan fingerprint density at radius 1 is 1.00 bits per heavy atom. The summed E-state index contributed by atoms with van der Waals surface area (Å²) in [4.78, 5) is 12.8. The van der Waals surface area contributed by atoms with E-state index in [0.717, 1.165) is 0 Å². The summed E-state index contributed by atoms with van der Waals surface area (Å²) in [6.07, 6.45) is 1.18. The minimum atomic E-state index is -0.611. The van der Waals surface area contributed by atoms with Gasteiger partial charge in [0, 0.05) is 17.2 Å². The Labute approximate surface area is 156 Å². The van der Waals surface area contributed by atoms with Crippen LogP contribution >= 0.6 is 0 Å². The number of rotatable bonds is 7. The summed E-state index contributed by atoms with van der Waals surface area (Å²) in [5, 5.41) is 9.39. The summed E-state index contributed by atoms with van der Waals surface area (Å²) in [5.41, 5.74) is -0.00676. The standard InChI is InChI=1S/C20H18FNO5/c1-24-15-6-5-12(16(21)10-15)7-14(11-22)19(23)13-8-17(25-2)20(27-4)18(9-13)26-3/h5-10H,1-4H3/b14-7+. The van der Waals surface area contributed by atoms with Gasteiger partial charge in [0.2, 0.25) is 11.5 Å². The van der Waals surface area contributed by atoms with Crippen molar-refractivity contribution in [3.8, 4) is 29.1 Å². The first kappa shape index (κ1) is 19.8. The number of hydrogen-bond acceptors (Lipinski definition) is 6. The molecule has 6 nitrogen and oxygen atoms in total. The van der Waals surface area contributed by atoms with Crippen LogP contribution in [0.3, 0.4) is 0 Å². The van der Waals surface area contributed by atoms with Crippen molar-refractivity contribution in [2.24, 2.45) is 0 Å². The zero-order chi connectivity index (χ0) is 20.0. The smallest absolute Gasteiger partial charge is 0.203 e. The van der Waals surface area contributed by atoms with Crippen molar-refractivity contribution in [3.63, 3.8) is 0 Å². The predicted molar refractivity (Wildman–Crippen MR) is 97.0 cm³/mol. The van der Waals surface area contributed by atoms with E-state index >= 15 is 0 Å². The second kappa shape index (κ2) is 8.72. The molecule has 7 heteroatoms. The molecule has 0 unspecified atom stereocenters. The Morgan fingerprint density at radius 3 is 2.07 bits per heavy atom. The normalized spacial score (nSPS) is 10.7. The maximum absolute atomic E-state index is 14.1. The fourth-order valence-electron chi connectivity index (χ4n) is 2.42. The molecular formula is C20H18FNO5. The average molecular weight is 371 g/mol. The van der Waals surface area contributed by atoms with Gasteiger partial charge in [0.05, 0.1) is 28.4 Å². The quantitative estimate of drug-likeness (QED) is 0.420. The van der Waals surface area contributed by atoms with Crippen molar-refractivity contribution < 1.29 is 28.1 Å². The molecule has 0 fully saturated rings. The minimum absolute atomic E-state index is 0.0909. The number of benzene rings is 2. The Balaban J connectivity index is 2.50. The lowest BCUT2D eigenvalue weighted by molar-refractivity contribution is 0.103. The van der Waals surface area contributed by atoms with E-state index in [0.29, 0.717) is 11.5 Å². The molecule has 0 heterocycles. The van der Waals surface area contributed by atoms with Crippen LogP contribution in [0.5, 0.6) is 23.0 Å². The summed E-state index contributed by atoms with van der Waals surface area (Å²) in [5.74, 6) is -0.0210. The Hall–Kier alpha value is -3.53. The van der Waals surface area contributed by atoms with Crippen molar-refractivity contribution in [3.05, 3.63) is 52.8 Å². The second-order valence-corrected chi connectivity index (χ2v) is 5.30. The van der Waals surface area contributed by atoms with Crippen LogP contribution < -0.4 is 18.9 Å². The van der Waals surface area contributed by atoms with E-state index in [2.05, 4.69) is 0 Å². The van der Waals surface area contributed by atoms with Gasteiger partial charge >= 0.3 is 0 Å². The molecule has 0 bridgehead atoms. The van der Waals surface area contributed by atoms with Crippen LogP contribution in [0.4, 0.5) is 4.39 Å². The Morgan fingerprint density at radius 2 is 1.63 bits per heavy atom. The van der Waals surface area contributed by atoms with Crippen LogP contribution in [0.15, 0.2) is 35.9 Å². The van der Waals surface area contributed by atoms with Gasteiger partial charge in [-0.1, -0.05) is 0 Å². The molecule has 0 atom stereocenters. The fourth-order valence-corrected chi connectivity index (χ4v) is 2.42. The summed E-state index contributed by atoms with van der Waals surface area (Å²) >= 11 is 0. The molecule has 140 valence electrons. The SMILES string of the molecule is COc1ccc(/C=C(\C#N)C(=O)c2cc(OC)c(OC)c(OC)c2)c(F)c1. The van der Waals surface area contributed by atoms with Crippen molar-refractivity contribution in [2.45, 2.75) is 0 Å². The van der Waals surface area contributed by atoms with Crippen LogP contribution in [0.1, 0.15) is 15.9 Å². The van der Waals surface area contributed by atoms with Crippen molar-refractivity contribution in [2.75, 3.05) is 28.4 Å². The van der Waals surface area contributed by atoms with Crippen molar-refractivity contribution in [1.82, 2.24) is 0 Å². The van der Waals surface area contributed by atoms with E-state index in [1.54, 1.807) is 0 Å². The molecule has 2 aromatic carbocycles. The summed E-state index contributed by atoms with van der Waals surface area (Å²) in [7, 11) is 5.69. The van der Waals surface area contributed by atoms with Gasteiger partial charge in [-0.15, -0.1) is 0 Å². The number of ether oxygens (including phenoxy) is 4. The number of halogens is 1. The number of nitrogens with zero attached hydrogens (tertiary/aromatic N) is 1. The first-order chi connectivity index (χ1) is 13.0. The van der Waals surface area contributed by atoms with Gasteiger partial charge in [0.15, 0.2) is 11.5 Å². The highest BCUT2D eigenvalue weighted by Gasteiger charge is 2.20. The Bertz CT molecular complexity index is 905. The van der Waals surface area contributed by atoms with Crippen LogP contribution in [0.25, 0.3) is 6.08 Å². The maximum atomic E-state index is 14.1. The van der Waals surface area contributed by atoms with Crippen molar-refractivity contribution in [1.29, 1.82) is 5.26 Å². The number of allylic oxidation sites excluding steroid dienone is 1. The molecule has 2 rings (SSSR count). The highest BCUT2D eigenvalue weighted by Crippen LogP contribution is 2.38. The average Bonchev–Trinajstić information content (AvgIpc) is 2.70. The monoisotopic (exact) mass is 371 g/mol. The van der Waals surface area contributed by atoms with E-state index < -0.39 is 11.6 Å². The molecule has 0 aliphatic heterocycles. The van der Waals surface area contributed by atoms with Crippen LogP contribution in [0, 0.1) is 17.1 Å². The van der Waals surface area contributed by atoms with Crippen LogP contribution in [-0.2, 0) is 0 Å². The second-order valence-electron chi connectivity index (χ2n) is 5.30. The zero-order valence-corrected chi connectivity index (χ0v) is 15.3. The lowest BCUT2D eigenvalue weighted by atomic mass is 10.0. The molecule has 0 radical (unpaired) electrons. The topological polar surface area (TPSA) is 77.8 Å². The van der Waals surface area contributed by atoms with E-state index in [1.807, 2.05) is 6.07 Å². The molecular weight excluding hydrogens is 353 g/mol. The number of carbonyl (C=O) groups excluding carboxylic acids is 1. The molecule has 0 N–H and O–H groups in total. The largest absolute Gasteiger partial charge is 0.497 e. The van der Waals surface area contributed by atoms with Crippen LogP contribution in [-0.4, -0.2) is 34.2 Å². The molecule has 0 aliphatic carbocycles. The van der Waals surface area contributed by atoms with Gasteiger partial charge in [0.1, 0.15) is 23.2 Å². The van der Waals surface area contributed by atoms with Gasteiger partial charge in [-0.25, -0.2) is 4.39 Å².